The average molecular weight is 236 g/mol. The molecule has 0 aliphatic carbocycles. The molecule has 0 saturated heterocycles. The van der Waals surface area contributed by atoms with E-state index in [1.165, 1.54) is 0 Å². The molecular weight excluding hydrogens is 224 g/mol. The third-order valence-electron chi connectivity index (χ3n) is 2.26. The van der Waals surface area contributed by atoms with Crippen molar-refractivity contribution in [2.45, 2.75) is 5.75 Å². The van der Waals surface area contributed by atoms with Crippen LogP contribution in [0.5, 0.6) is 5.88 Å². The summed E-state index contributed by atoms with van der Waals surface area (Å²) in [6, 6.07) is 3.37. The Balaban J connectivity index is 2.58. The zero-order valence-electron chi connectivity index (χ0n) is 8.77. The molecule has 0 fully saturated rings. The molecule has 0 unspecified atom stereocenters. The van der Waals surface area contributed by atoms with Crippen molar-refractivity contribution < 1.29 is 5.11 Å². The summed E-state index contributed by atoms with van der Waals surface area (Å²) in [6.45, 7) is 0. The summed E-state index contributed by atoms with van der Waals surface area (Å²) >= 11 is 1.59. The van der Waals surface area contributed by atoms with Crippen molar-refractivity contribution in [2.75, 3.05) is 6.26 Å². The van der Waals surface area contributed by atoms with Crippen LogP contribution in [0.25, 0.3) is 5.65 Å². The van der Waals surface area contributed by atoms with E-state index in [2.05, 4.69) is 4.98 Å². The van der Waals surface area contributed by atoms with Crippen LogP contribution in [-0.2, 0) is 5.75 Å². The largest absolute Gasteiger partial charge is 0.493 e. The number of aromatic hydroxyl groups is 1. The van der Waals surface area contributed by atoms with Crippen LogP contribution in [0.1, 0.15) is 11.3 Å². The van der Waals surface area contributed by atoms with E-state index in [0.717, 1.165) is 0 Å². The normalized spacial score (nSPS) is 10.8. The minimum atomic E-state index is -0.00333. The Hall–Kier alpha value is -1.69. The van der Waals surface area contributed by atoms with Crippen molar-refractivity contribution in [2.24, 2.45) is 5.73 Å². The van der Waals surface area contributed by atoms with Crippen molar-refractivity contribution in [1.29, 1.82) is 5.41 Å². The maximum atomic E-state index is 9.85. The van der Waals surface area contributed by atoms with Crippen LogP contribution in [0.4, 0.5) is 0 Å². The Morgan fingerprint density at radius 2 is 2.44 bits per heavy atom. The molecule has 0 aliphatic heterocycles. The summed E-state index contributed by atoms with van der Waals surface area (Å²) in [4.78, 5) is 4.28. The molecule has 0 radical (unpaired) electrons. The van der Waals surface area contributed by atoms with Crippen LogP contribution < -0.4 is 5.73 Å². The number of hydrogen-bond donors (Lipinski definition) is 3. The van der Waals surface area contributed by atoms with Crippen LogP contribution >= 0.6 is 11.8 Å². The van der Waals surface area contributed by atoms with E-state index in [0.29, 0.717) is 22.7 Å². The molecule has 2 aromatic rings. The SMILES string of the molecule is CSCc1nc2cc(C(=N)N)ccn2c1O. The lowest BCUT2D eigenvalue weighted by Gasteiger charge is -1.99. The number of pyridine rings is 1. The summed E-state index contributed by atoms with van der Waals surface area (Å²) in [5.41, 5.74) is 7.25. The minimum Gasteiger partial charge on any atom is -0.493 e. The quantitative estimate of drug-likeness (QED) is 0.551. The molecule has 2 aromatic heterocycles. The number of aromatic nitrogens is 2. The molecule has 0 aromatic carbocycles. The number of hydrogen-bond acceptors (Lipinski definition) is 4. The van der Waals surface area contributed by atoms with Gasteiger partial charge >= 0.3 is 0 Å². The van der Waals surface area contributed by atoms with Crippen molar-refractivity contribution in [3.8, 4) is 5.88 Å². The summed E-state index contributed by atoms with van der Waals surface area (Å²) in [5, 5.41) is 17.2. The molecule has 6 heteroatoms. The first-order valence-corrected chi connectivity index (χ1v) is 6.06. The van der Waals surface area contributed by atoms with E-state index in [1.807, 2.05) is 6.26 Å². The molecule has 0 aliphatic rings. The zero-order valence-corrected chi connectivity index (χ0v) is 9.58. The fourth-order valence-electron chi connectivity index (χ4n) is 1.48. The molecule has 5 nitrogen and oxygen atoms in total. The van der Waals surface area contributed by atoms with Gasteiger partial charge in [0.15, 0.2) is 0 Å². The van der Waals surface area contributed by atoms with Gasteiger partial charge in [-0.2, -0.15) is 11.8 Å². The van der Waals surface area contributed by atoms with Gasteiger partial charge in [0.2, 0.25) is 5.88 Å². The molecule has 0 amide bonds. The minimum absolute atomic E-state index is 0.00333. The summed E-state index contributed by atoms with van der Waals surface area (Å²) in [7, 11) is 0. The third-order valence-corrected chi connectivity index (χ3v) is 2.82. The first-order chi connectivity index (χ1) is 7.63. The fraction of sp³-hybridized carbons (Fsp3) is 0.200. The van der Waals surface area contributed by atoms with Crippen molar-refractivity contribution in [3.05, 3.63) is 29.6 Å². The lowest BCUT2D eigenvalue weighted by molar-refractivity contribution is 0.443. The monoisotopic (exact) mass is 236 g/mol. The number of imidazole rings is 1. The summed E-state index contributed by atoms with van der Waals surface area (Å²) in [6.07, 6.45) is 3.61. The lowest BCUT2D eigenvalue weighted by Crippen LogP contribution is -2.11. The highest BCUT2D eigenvalue weighted by atomic mass is 32.2. The van der Waals surface area contributed by atoms with Gasteiger partial charge < -0.3 is 10.8 Å². The number of thioether (sulfide) groups is 1. The van der Waals surface area contributed by atoms with Gasteiger partial charge in [-0.05, 0) is 18.4 Å². The smallest absolute Gasteiger partial charge is 0.220 e. The molecule has 0 spiro atoms. The zero-order chi connectivity index (χ0) is 11.7. The van der Waals surface area contributed by atoms with E-state index in [-0.39, 0.29) is 11.7 Å². The maximum Gasteiger partial charge on any atom is 0.220 e. The predicted octanol–water partition coefficient (Wildman–Crippen LogP) is 1.19. The highest BCUT2D eigenvalue weighted by Gasteiger charge is 2.11. The van der Waals surface area contributed by atoms with Crippen LogP contribution in [0.15, 0.2) is 18.3 Å². The Morgan fingerprint density at radius 3 is 3.06 bits per heavy atom. The van der Waals surface area contributed by atoms with Crippen molar-refractivity contribution in [3.63, 3.8) is 0 Å². The summed E-state index contributed by atoms with van der Waals surface area (Å²) in [5.74, 6) is 0.805. The third kappa shape index (κ3) is 1.71. The number of nitrogens with zero attached hydrogens (tertiary/aromatic N) is 2. The van der Waals surface area contributed by atoms with E-state index in [9.17, 15) is 5.11 Å². The Morgan fingerprint density at radius 1 is 1.69 bits per heavy atom. The molecule has 4 N–H and O–H groups in total. The fourth-order valence-corrected chi connectivity index (χ4v) is 1.95. The lowest BCUT2D eigenvalue weighted by atomic mass is 10.2. The van der Waals surface area contributed by atoms with Gasteiger partial charge in [0.25, 0.3) is 0 Å². The van der Waals surface area contributed by atoms with E-state index in [1.54, 1.807) is 34.5 Å². The first kappa shape index (κ1) is 10.8. The van der Waals surface area contributed by atoms with Crippen molar-refractivity contribution in [1.82, 2.24) is 9.38 Å². The van der Waals surface area contributed by atoms with Crippen molar-refractivity contribution >= 4 is 23.2 Å². The molecule has 0 atom stereocenters. The van der Waals surface area contributed by atoms with Gasteiger partial charge in [0.1, 0.15) is 17.2 Å². The number of amidine groups is 1. The van der Waals surface area contributed by atoms with Gasteiger partial charge in [-0.15, -0.1) is 0 Å². The van der Waals surface area contributed by atoms with Crippen LogP contribution in [-0.4, -0.2) is 26.6 Å². The van der Waals surface area contributed by atoms with E-state index < -0.39 is 0 Å². The standard InChI is InChI=1S/C10H12N4OS/c1-16-5-7-10(15)14-3-2-6(9(11)12)4-8(14)13-7/h2-4,15H,5H2,1H3,(H3,11,12). The average Bonchev–Trinajstić information content (AvgIpc) is 2.56. The first-order valence-electron chi connectivity index (χ1n) is 4.66. The van der Waals surface area contributed by atoms with Crippen LogP contribution in [0, 0.1) is 5.41 Å². The second-order valence-corrected chi connectivity index (χ2v) is 4.24. The number of rotatable bonds is 3. The Kier molecular flexibility index (Phi) is 2.74. The Labute approximate surface area is 96.8 Å². The molecular formula is C10H12N4OS. The second kappa shape index (κ2) is 4.05. The van der Waals surface area contributed by atoms with Crippen LogP contribution in [0.2, 0.25) is 0 Å². The Bertz CT molecular complexity index is 549. The highest BCUT2D eigenvalue weighted by Crippen LogP contribution is 2.22. The molecule has 0 saturated carbocycles. The van der Waals surface area contributed by atoms with Gasteiger partial charge in [0, 0.05) is 17.5 Å². The molecule has 16 heavy (non-hydrogen) atoms. The van der Waals surface area contributed by atoms with Gasteiger partial charge in [-0.1, -0.05) is 0 Å². The van der Waals surface area contributed by atoms with Crippen LogP contribution in [0.3, 0.4) is 0 Å². The number of nitrogen functional groups attached to an aromatic ring is 1. The number of fused-ring (bicyclic) bond motifs is 1. The van der Waals surface area contributed by atoms with E-state index >= 15 is 0 Å². The van der Waals surface area contributed by atoms with Gasteiger partial charge in [-0.3, -0.25) is 9.81 Å². The molecule has 2 rings (SSSR count). The van der Waals surface area contributed by atoms with Gasteiger partial charge in [-0.25, -0.2) is 4.98 Å². The summed E-state index contributed by atoms with van der Waals surface area (Å²) < 4.78 is 1.58. The predicted molar refractivity (Wildman–Crippen MR) is 65.1 cm³/mol. The number of nitrogens with two attached hydrogens (primary N) is 1. The topological polar surface area (TPSA) is 87.4 Å². The molecule has 2 heterocycles. The second-order valence-electron chi connectivity index (χ2n) is 3.37. The van der Waals surface area contributed by atoms with Gasteiger partial charge in [0.05, 0.1) is 0 Å². The number of nitrogens with one attached hydrogen (secondary N) is 1. The molecule has 0 bridgehead atoms. The van der Waals surface area contributed by atoms with E-state index in [4.69, 9.17) is 11.1 Å². The highest BCUT2D eigenvalue weighted by molar-refractivity contribution is 7.97. The molecule has 84 valence electrons. The maximum absolute atomic E-state index is 9.85.